The van der Waals surface area contributed by atoms with Crippen molar-refractivity contribution in [1.29, 1.82) is 5.26 Å². The number of likely N-dealkylation sites (tertiary alicyclic amines) is 1. The molecule has 7 heteroatoms. The van der Waals surface area contributed by atoms with Gasteiger partial charge in [0.2, 0.25) is 11.8 Å². The van der Waals surface area contributed by atoms with Crippen molar-refractivity contribution >= 4 is 11.8 Å². The van der Waals surface area contributed by atoms with Gasteiger partial charge in [-0.1, -0.05) is 0 Å². The Kier molecular flexibility index (Phi) is 5.21. The largest absolute Gasteiger partial charge is 0.359 e. The first-order valence-corrected chi connectivity index (χ1v) is 9.23. The molecule has 1 saturated carbocycles. The molecular weight excluding hydrogens is 330 g/mol. The second-order valence-corrected chi connectivity index (χ2v) is 7.43. The van der Waals surface area contributed by atoms with Gasteiger partial charge >= 0.3 is 0 Å². The highest BCUT2D eigenvalue weighted by Gasteiger charge is 2.54. The first-order valence-electron chi connectivity index (χ1n) is 9.23. The molecule has 2 aliphatic rings. The number of amides is 2. The molecule has 1 atom stereocenters. The summed E-state index contributed by atoms with van der Waals surface area (Å²) in [5.41, 5.74) is -0.508. The first kappa shape index (κ1) is 18.3. The molecule has 26 heavy (non-hydrogen) atoms. The molecule has 1 aromatic heterocycles. The van der Waals surface area contributed by atoms with Gasteiger partial charge in [0.15, 0.2) is 0 Å². The highest BCUT2D eigenvalue weighted by atomic mass is 16.2. The lowest BCUT2D eigenvalue weighted by Gasteiger charge is -2.42. The quantitative estimate of drug-likeness (QED) is 0.833. The van der Waals surface area contributed by atoms with Crippen molar-refractivity contribution in [2.24, 2.45) is 10.8 Å². The van der Waals surface area contributed by atoms with Gasteiger partial charge in [0.25, 0.3) is 0 Å². The number of piperidine rings is 1. The van der Waals surface area contributed by atoms with Crippen LogP contribution in [0.2, 0.25) is 0 Å². The second kappa shape index (κ2) is 7.40. The minimum atomic E-state index is -0.828. The number of aryl methyl sites for hydroxylation is 1. The Morgan fingerprint density at radius 1 is 1.35 bits per heavy atom. The van der Waals surface area contributed by atoms with E-state index in [1.54, 1.807) is 30.5 Å². The Morgan fingerprint density at radius 2 is 2.15 bits per heavy atom. The summed E-state index contributed by atoms with van der Waals surface area (Å²) in [6, 6.07) is 2.18. The van der Waals surface area contributed by atoms with Gasteiger partial charge in [0, 0.05) is 38.7 Å². The molecule has 2 amide bonds. The van der Waals surface area contributed by atoms with Gasteiger partial charge in [-0.05, 0) is 44.9 Å². The average molecular weight is 355 g/mol. The van der Waals surface area contributed by atoms with Crippen molar-refractivity contribution in [1.82, 2.24) is 20.2 Å². The van der Waals surface area contributed by atoms with Crippen LogP contribution in [0.1, 0.15) is 44.2 Å². The number of aromatic nitrogens is 2. The van der Waals surface area contributed by atoms with Gasteiger partial charge in [0.1, 0.15) is 5.41 Å². The molecule has 0 bridgehead atoms. The number of nitrogens with one attached hydrogen (secondary N) is 1. The molecule has 2 heterocycles. The summed E-state index contributed by atoms with van der Waals surface area (Å²) < 4.78 is 0. The SMILES string of the molecule is CNC(=O)C1(CCCc2cnccn2)CCCN(C(=O)C2(C#N)CC2)C1. The molecule has 0 aromatic carbocycles. The topological polar surface area (TPSA) is 99.0 Å². The second-order valence-electron chi connectivity index (χ2n) is 7.43. The normalized spacial score (nSPS) is 23.8. The van der Waals surface area contributed by atoms with Crippen LogP contribution in [0.25, 0.3) is 0 Å². The molecular formula is C19H25N5O2. The molecule has 1 saturated heterocycles. The molecule has 1 N–H and O–H groups in total. The summed E-state index contributed by atoms with van der Waals surface area (Å²) in [5.74, 6) is -0.113. The van der Waals surface area contributed by atoms with Crippen molar-refractivity contribution in [2.45, 2.75) is 44.9 Å². The van der Waals surface area contributed by atoms with E-state index in [0.717, 1.165) is 31.4 Å². The Bertz CT molecular complexity index is 710. The summed E-state index contributed by atoms with van der Waals surface area (Å²) in [4.78, 5) is 35.6. The third-order valence-corrected chi connectivity index (χ3v) is 5.65. The lowest BCUT2D eigenvalue weighted by Crippen LogP contribution is -2.54. The summed E-state index contributed by atoms with van der Waals surface area (Å²) in [7, 11) is 1.64. The van der Waals surface area contributed by atoms with Crippen molar-refractivity contribution in [3.05, 3.63) is 24.3 Å². The van der Waals surface area contributed by atoms with E-state index in [1.807, 2.05) is 0 Å². The standard InChI is InChI=1S/C19H25N5O2/c1-21-16(25)19(5-2-4-15-12-22-9-10-23-15)6-3-11-24(14-19)17(26)18(13-20)7-8-18/h9-10,12H,2-8,11,14H2,1H3,(H,21,25). The lowest BCUT2D eigenvalue weighted by atomic mass is 9.74. The van der Waals surface area contributed by atoms with Gasteiger partial charge in [0.05, 0.1) is 17.2 Å². The molecule has 0 spiro atoms. The van der Waals surface area contributed by atoms with Gasteiger partial charge in [-0.25, -0.2) is 0 Å². The average Bonchev–Trinajstić information content (AvgIpc) is 3.49. The summed E-state index contributed by atoms with van der Waals surface area (Å²) in [6.45, 7) is 1.03. The molecule has 1 aliphatic heterocycles. The van der Waals surface area contributed by atoms with E-state index in [1.165, 1.54) is 0 Å². The van der Waals surface area contributed by atoms with Crippen LogP contribution in [0.3, 0.4) is 0 Å². The molecule has 1 unspecified atom stereocenters. The van der Waals surface area contributed by atoms with E-state index in [-0.39, 0.29) is 11.8 Å². The Morgan fingerprint density at radius 3 is 2.77 bits per heavy atom. The molecule has 2 fully saturated rings. The fourth-order valence-electron chi connectivity index (χ4n) is 3.94. The number of carbonyl (C=O) groups excluding carboxylic acids is 2. The molecule has 1 aromatic rings. The number of nitriles is 1. The van der Waals surface area contributed by atoms with Crippen LogP contribution in [0, 0.1) is 22.2 Å². The summed E-state index contributed by atoms with van der Waals surface area (Å²) >= 11 is 0. The van der Waals surface area contributed by atoms with E-state index in [2.05, 4.69) is 21.4 Å². The van der Waals surface area contributed by atoms with Crippen molar-refractivity contribution in [3.8, 4) is 6.07 Å². The zero-order valence-electron chi connectivity index (χ0n) is 15.2. The van der Waals surface area contributed by atoms with Crippen LogP contribution in [0.15, 0.2) is 18.6 Å². The highest BCUT2D eigenvalue weighted by molar-refractivity contribution is 5.90. The Balaban J connectivity index is 1.69. The van der Waals surface area contributed by atoms with Crippen molar-refractivity contribution in [2.75, 3.05) is 20.1 Å². The predicted molar refractivity (Wildman–Crippen MR) is 94.6 cm³/mol. The van der Waals surface area contributed by atoms with Gasteiger partial charge in [-0.3, -0.25) is 19.6 Å². The van der Waals surface area contributed by atoms with Crippen molar-refractivity contribution in [3.63, 3.8) is 0 Å². The van der Waals surface area contributed by atoms with Crippen LogP contribution in [0.5, 0.6) is 0 Å². The summed E-state index contributed by atoms with van der Waals surface area (Å²) in [6.07, 6.45) is 10.1. The van der Waals surface area contributed by atoms with Crippen LogP contribution in [-0.2, 0) is 16.0 Å². The van der Waals surface area contributed by atoms with Crippen LogP contribution >= 0.6 is 0 Å². The molecule has 3 rings (SSSR count). The van der Waals surface area contributed by atoms with E-state index in [9.17, 15) is 14.9 Å². The third-order valence-electron chi connectivity index (χ3n) is 5.65. The molecule has 138 valence electrons. The molecule has 1 aliphatic carbocycles. The van der Waals surface area contributed by atoms with Crippen molar-refractivity contribution < 1.29 is 9.59 Å². The van der Waals surface area contributed by atoms with Gasteiger partial charge in [-0.2, -0.15) is 5.26 Å². The molecule has 0 radical (unpaired) electrons. The maximum absolute atomic E-state index is 12.8. The number of rotatable bonds is 6. The predicted octanol–water partition coefficient (Wildman–Crippen LogP) is 1.46. The molecule has 7 nitrogen and oxygen atoms in total. The number of hydrogen-bond donors (Lipinski definition) is 1. The first-order chi connectivity index (χ1) is 12.6. The van der Waals surface area contributed by atoms with Crippen LogP contribution in [-0.4, -0.2) is 46.8 Å². The summed E-state index contributed by atoms with van der Waals surface area (Å²) in [5, 5.41) is 12.1. The highest BCUT2D eigenvalue weighted by Crippen LogP contribution is 2.48. The smallest absolute Gasteiger partial charge is 0.243 e. The fourth-order valence-corrected chi connectivity index (χ4v) is 3.94. The van der Waals surface area contributed by atoms with E-state index in [4.69, 9.17) is 0 Å². The van der Waals surface area contributed by atoms with Crippen LogP contribution in [0.4, 0.5) is 0 Å². The zero-order chi connectivity index (χ0) is 18.6. The van der Waals surface area contributed by atoms with Gasteiger partial charge in [-0.15, -0.1) is 0 Å². The third kappa shape index (κ3) is 3.55. The monoisotopic (exact) mass is 355 g/mol. The van der Waals surface area contributed by atoms with Gasteiger partial charge < -0.3 is 10.2 Å². The zero-order valence-corrected chi connectivity index (χ0v) is 15.2. The van der Waals surface area contributed by atoms with E-state index in [0.29, 0.717) is 32.4 Å². The fraction of sp³-hybridized carbons (Fsp3) is 0.632. The Hall–Kier alpha value is -2.49. The van der Waals surface area contributed by atoms with E-state index < -0.39 is 10.8 Å². The minimum Gasteiger partial charge on any atom is -0.359 e. The lowest BCUT2D eigenvalue weighted by molar-refractivity contribution is -0.144. The maximum atomic E-state index is 12.8. The van der Waals surface area contributed by atoms with Crippen LogP contribution < -0.4 is 5.32 Å². The number of nitrogens with zero attached hydrogens (tertiary/aromatic N) is 4. The Labute approximate surface area is 153 Å². The van der Waals surface area contributed by atoms with E-state index >= 15 is 0 Å². The minimum absolute atomic E-state index is 0.0176. The number of carbonyl (C=O) groups is 2. The maximum Gasteiger partial charge on any atom is 0.243 e. The number of hydrogen-bond acceptors (Lipinski definition) is 5.